The SMILES string of the molecule is NC(=O)CNCc1cccc2c1OCO2. The van der Waals surface area contributed by atoms with Gasteiger partial charge < -0.3 is 20.5 Å². The Kier molecular flexibility index (Phi) is 2.73. The first-order chi connectivity index (χ1) is 7.27. The molecular weight excluding hydrogens is 196 g/mol. The Morgan fingerprint density at radius 2 is 2.33 bits per heavy atom. The summed E-state index contributed by atoms with van der Waals surface area (Å²) in [5.74, 6) is 1.11. The second-order valence-electron chi connectivity index (χ2n) is 3.22. The lowest BCUT2D eigenvalue weighted by atomic mass is 10.2. The van der Waals surface area contributed by atoms with Crippen molar-refractivity contribution in [3.05, 3.63) is 23.8 Å². The molecule has 0 atom stereocenters. The van der Waals surface area contributed by atoms with E-state index in [-0.39, 0.29) is 19.2 Å². The monoisotopic (exact) mass is 208 g/mol. The lowest BCUT2D eigenvalue weighted by molar-refractivity contribution is -0.117. The molecule has 1 amide bonds. The van der Waals surface area contributed by atoms with E-state index in [0.29, 0.717) is 6.54 Å². The highest BCUT2D eigenvalue weighted by Gasteiger charge is 2.16. The van der Waals surface area contributed by atoms with Crippen molar-refractivity contribution in [1.29, 1.82) is 0 Å². The van der Waals surface area contributed by atoms with Crippen molar-refractivity contribution >= 4 is 5.91 Å². The van der Waals surface area contributed by atoms with Crippen molar-refractivity contribution in [3.63, 3.8) is 0 Å². The number of amides is 1. The van der Waals surface area contributed by atoms with Crippen LogP contribution in [0.25, 0.3) is 0 Å². The minimum atomic E-state index is -0.375. The predicted octanol–water partition coefficient (Wildman–Crippen LogP) is -0.00980. The Morgan fingerprint density at radius 3 is 3.13 bits per heavy atom. The van der Waals surface area contributed by atoms with Gasteiger partial charge in [0.15, 0.2) is 11.5 Å². The fourth-order valence-electron chi connectivity index (χ4n) is 1.45. The van der Waals surface area contributed by atoms with E-state index in [1.54, 1.807) is 0 Å². The maximum Gasteiger partial charge on any atom is 0.231 e. The van der Waals surface area contributed by atoms with Crippen LogP contribution < -0.4 is 20.5 Å². The number of primary amides is 1. The molecule has 0 fully saturated rings. The number of ether oxygens (including phenoxy) is 2. The Labute approximate surface area is 87.2 Å². The molecule has 2 rings (SSSR count). The second kappa shape index (κ2) is 4.18. The summed E-state index contributed by atoms with van der Waals surface area (Å²) in [5, 5.41) is 2.92. The van der Waals surface area contributed by atoms with Crippen molar-refractivity contribution < 1.29 is 14.3 Å². The largest absolute Gasteiger partial charge is 0.454 e. The maximum absolute atomic E-state index is 10.5. The van der Waals surface area contributed by atoms with E-state index in [0.717, 1.165) is 17.1 Å². The molecule has 0 radical (unpaired) electrons. The number of carbonyl (C=O) groups excluding carboxylic acids is 1. The summed E-state index contributed by atoms with van der Waals surface area (Å²) in [6.45, 7) is 0.947. The third-order valence-corrected chi connectivity index (χ3v) is 2.09. The van der Waals surface area contributed by atoms with Crippen molar-refractivity contribution in [2.24, 2.45) is 5.73 Å². The van der Waals surface area contributed by atoms with Gasteiger partial charge in [-0.05, 0) is 6.07 Å². The smallest absolute Gasteiger partial charge is 0.231 e. The normalized spacial score (nSPS) is 12.8. The van der Waals surface area contributed by atoms with Gasteiger partial charge in [0.1, 0.15) is 0 Å². The zero-order chi connectivity index (χ0) is 10.7. The quantitative estimate of drug-likeness (QED) is 0.730. The van der Waals surface area contributed by atoms with E-state index in [1.165, 1.54) is 0 Å². The van der Waals surface area contributed by atoms with Crippen molar-refractivity contribution in [3.8, 4) is 11.5 Å². The lowest BCUT2D eigenvalue weighted by Gasteiger charge is -2.05. The molecule has 1 aliphatic rings. The summed E-state index contributed by atoms with van der Waals surface area (Å²) in [6.07, 6.45) is 0. The molecule has 5 nitrogen and oxygen atoms in total. The first kappa shape index (κ1) is 9.79. The molecule has 3 N–H and O–H groups in total. The average Bonchev–Trinajstić information content (AvgIpc) is 2.65. The van der Waals surface area contributed by atoms with E-state index < -0.39 is 0 Å². The van der Waals surface area contributed by atoms with Gasteiger partial charge in [-0.15, -0.1) is 0 Å². The summed E-state index contributed by atoms with van der Waals surface area (Å²) in [4.78, 5) is 10.5. The van der Waals surface area contributed by atoms with Gasteiger partial charge in [0.2, 0.25) is 12.7 Å². The number of hydrogen-bond donors (Lipinski definition) is 2. The molecule has 1 aliphatic heterocycles. The van der Waals surface area contributed by atoms with Gasteiger partial charge in [-0.3, -0.25) is 4.79 Å². The van der Waals surface area contributed by atoms with Gasteiger partial charge in [0, 0.05) is 12.1 Å². The van der Waals surface area contributed by atoms with Crippen LogP contribution in [0.15, 0.2) is 18.2 Å². The fourth-order valence-corrected chi connectivity index (χ4v) is 1.45. The molecule has 80 valence electrons. The van der Waals surface area contributed by atoms with Crippen LogP contribution >= 0.6 is 0 Å². The summed E-state index contributed by atoms with van der Waals surface area (Å²) in [7, 11) is 0. The van der Waals surface area contributed by atoms with Crippen LogP contribution in [0.3, 0.4) is 0 Å². The first-order valence-electron chi connectivity index (χ1n) is 4.64. The van der Waals surface area contributed by atoms with Crippen LogP contribution in [-0.4, -0.2) is 19.2 Å². The fraction of sp³-hybridized carbons (Fsp3) is 0.300. The topological polar surface area (TPSA) is 73.6 Å². The second-order valence-corrected chi connectivity index (χ2v) is 3.22. The van der Waals surface area contributed by atoms with Gasteiger partial charge in [-0.25, -0.2) is 0 Å². The van der Waals surface area contributed by atoms with Crippen LogP contribution in [0.1, 0.15) is 5.56 Å². The standard InChI is InChI=1S/C10H12N2O3/c11-9(13)5-12-4-7-2-1-3-8-10(7)15-6-14-8/h1-3,12H,4-6H2,(H2,11,13). The highest BCUT2D eigenvalue weighted by molar-refractivity contribution is 5.75. The van der Waals surface area contributed by atoms with Crippen LogP contribution in [0, 0.1) is 0 Å². The third kappa shape index (κ3) is 2.19. The molecule has 0 bridgehead atoms. The third-order valence-electron chi connectivity index (χ3n) is 2.09. The Balaban J connectivity index is 2.02. The molecule has 1 aromatic carbocycles. The predicted molar refractivity (Wildman–Crippen MR) is 53.5 cm³/mol. The molecule has 1 heterocycles. The number of rotatable bonds is 4. The minimum absolute atomic E-state index is 0.157. The molecule has 15 heavy (non-hydrogen) atoms. The highest BCUT2D eigenvalue weighted by Crippen LogP contribution is 2.34. The van der Waals surface area contributed by atoms with E-state index in [4.69, 9.17) is 15.2 Å². The van der Waals surface area contributed by atoms with Gasteiger partial charge in [0.05, 0.1) is 6.54 Å². The van der Waals surface area contributed by atoms with Crippen LogP contribution in [0.4, 0.5) is 0 Å². The molecule has 0 aliphatic carbocycles. The number of carbonyl (C=O) groups is 1. The van der Waals surface area contributed by atoms with Crippen LogP contribution in [0.5, 0.6) is 11.5 Å². The van der Waals surface area contributed by atoms with Gasteiger partial charge in [0.25, 0.3) is 0 Å². The summed E-state index contributed by atoms with van der Waals surface area (Å²) in [5.41, 5.74) is 5.98. The Morgan fingerprint density at radius 1 is 1.47 bits per heavy atom. The average molecular weight is 208 g/mol. The molecule has 0 aromatic heterocycles. The van der Waals surface area contributed by atoms with E-state index >= 15 is 0 Å². The number of nitrogens with two attached hydrogens (primary N) is 1. The van der Waals surface area contributed by atoms with Gasteiger partial charge in [-0.2, -0.15) is 0 Å². The molecule has 5 heteroatoms. The maximum atomic E-state index is 10.5. The van der Waals surface area contributed by atoms with Crippen molar-refractivity contribution in [1.82, 2.24) is 5.32 Å². The van der Waals surface area contributed by atoms with E-state index in [1.807, 2.05) is 18.2 Å². The zero-order valence-corrected chi connectivity index (χ0v) is 8.16. The van der Waals surface area contributed by atoms with Crippen LogP contribution in [-0.2, 0) is 11.3 Å². The number of para-hydroxylation sites is 1. The summed E-state index contributed by atoms with van der Waals surface area (Å²) < 4.78 is 10.5. The Bertz CT molecular complexity index is 379. The number of fused-ring (bicyclic) bond motifs is 1. The number of nitrogens with one attached hydrogen (secondary N) is 1. The lowest BCUT2D eigenvalue weighted by Crippen LogP contribution is -2.28. The van der Waals surface area contributed by atoms with Gasteiger partial charge in [-0.1, -0.05) is 12.1 Å². The minimum Gasteiger partial charge on any atom is -0.454 e. The Hall–Kier alpha value is -1.75. The van der Waals surface area contributed by atoms with E-state index in [9.17, 15) is 4.79 Å². The number of benzene rings is 1. The molecule has 1 aromatic rings. The first-order valence-corrected chi connectivity index (χ1v) is 4.64. The van der Waals surface area contributed by atoms with Gasteiger partial charge >= 0.3 is 0 Å². The molecule has 0 saturated heterocycles. The summed E-state index contributed by atoms with van der Waals surface area (Å²) >= 11 is 0. The molecule has 0 unspecified atom stereocenters. The summed E-state index contributed by atoms with van der Waals surface area (Å²) in [6, 6.07) is 5.65. The molecule has 0 saturated carbocycles. The number of hydrogen-bond acceptors (Lipinski definition) is 4. The molecule has 0 spiro atoms. The van der Waals surface area contributed by atoms with Crippen molar-refractivity contribution in [2.45, 2.75) is 6.54 Å². The molecular formula is C10H12N2O3. The zero-order valence-electron chi connectivity index (χ0n) is 8.16. The highest BCUT2D eigenvalue weighted by atomic mass is 16.7. The van der Waals surface area contributed by atoms with Crippen LogP contribution in [0.2, 0.25) is 0 Å². The van der Waals surface area contributed by atoms with Crippen molar-refractivity contribution in [2.75, 3.05) is 13.3 Å². The van der Waals surface area contributed by atoms with E-state index in [2.05, 4.69) is 5.32 Å².